The summed E-state index contributed by atoms with van der Waals surface area (Å²) in [5.74, 6) is -4.17. The predicted molar refractivity (Wildman–Crippen MR) is 115 cm³/mol. The molecule has 0 radical (unpaired) electrons. The number of halogens is 3. The van der Waals surface area contributed by atoms with E-state index in [1.54, 1.807) is 13.1 Å². The molecule has 0 fully saturated rings. The number of nitrogens with zero attached hydrogens (tertiary/aromatic N) is 2. The van der Waals surface area contributed by atoms with Gasteiger partial charge in [0, 0.05) is 17.9 Å². The number of nitrogens with one attached hydrogen (secondary N) is 1. The average Bonchev–Trinajstić information content (AvgIpc) is 2.73. The maximum Gasteiger partial charge on any atom is 0.273 e. The van der Waals surface area contributed by atoms with Crippen LogP contribution in [0.25, 0.3) is 16.5 Å². The van der Waals surface area contributed by atoms with Crippen LogP contribution < -0.4 is 5.32 Å². The standard InChI is InChI=1S/C24H24F3N3O/c1-14(18-4-3-5-20(23(18)25)24(2,26)27)29-22-13-28-30-21-11-8-16(12-19(21)22)15-6-9-17(31)10-7-15/h3-6,8,11-14,17,31H,7,9-10H2,1-2H3,(H,29,30)/t14-,17?/m1/s1. The number of aromatic nitrogens is 2. The molecule has 2 atom stereocenters. The number of benzene rings is 2. The van der Waals surface area contributed by atoms with Gasteiger partial charge in [0.15, 0.2) is 0 Å². The molecule has 0 saturated carbocycles. The largest absolute Gasteiger partial charge is 0.393 e. The Morgan fingerprint density at radius 1 is 1.23 bits per heavy atom. The van der Waals surface area contributed by atoms with Gasteiger partial charge < -0.3 is 10.4 Å². The Kier molecular flexibility index (Phi) is 5.71. The van der Waals surface area contributed by atoms with Crippen LogP contribution in [-0.4, -0.2) is 21.4 Å². The normalized spacial score (nSPS) is 18.0. The van der Waals surface area contributed by atoms with E-state index in [1.807, 2.05) is 24.3 Å². The first kappa shape index (κ1) is 21.3. The molecule has 0 bridgehead atoms. The molecule has 4 rings (SSSR count). The number of hydrogen-bond donors (Lipinski definition) is 2. The van der Waals surface area contributed by atoms with Gasteiger partial charge in [0.2, 0.25) is 0 Å². The lowest BCUT2D eigenvalue weighted by Gasteiger charge is -2.21. The van der Waals surface area contributed by atoms with Gasteiger partial charge in [0.25, 0.3) is 5.92 Å². The molecule has 1 heterocycles. The van der Waals surface area contributed by atoms with Crippen LogP contribution in [0.15, 0.2) is 48.7 Å². The van der Waals surface area contributed by atoms with E-state index in [0.717, 1.165) is 35.4 Å². The zero-order chi connectivity index (χ0) is 22.2. The van der Waals surface area contributed by atoms with Crippen molar-refractivity contribution < 1.29 is 18.3 Å². The third kappa shape index (κ3) is 4.42. The van der Waals surface area contributed by atoms with Gasteiger partial charge in [-0.3, -0.25) is 0 Å². The smallest absolute Gasteiger partial charge is 0.273 e. The Morgan fingerprint density at radius 3 is 2.74 bits per heavy atom. The summed E-state index contributed by atoms with van der Waals surface area (Å²) in [7, 11) is 0. The number of fused-ring (bicyclic) bond motifs is 1. The zero-order valence-corrected chi connectivity index (χ0v) is 17.4. The van der Waals surface area contributed by atoms with Gasteiger partial charge in [-0.1, -0.05) is 30.3 Å². The Morgan fingerprint density at radius 2 is 2.03 bits per heavy atom. The highest BCUT2D eigenvalue weighted by molar-refractivity contribution is 5.93. The molecule has 0 aliphatic heterocycles. The molecule has 31 heavy (non-hydrogen) atoms. The molecule has 2 aromatic carbocycles. The van der Waals surface area contributed by atoms with E-state index in [0.29, 0.717) is 24.5 Å². The summed E-state index contributed by atoms with van der Waals surface area (Å²) >= 11 is 0. The summed E-state index contributed by atoms with van der Waals surface area (Å²) in [5.41, 5.74) is 3.04. The van der Waals surface area contributed by atoms with E-state index in [1.165, 1.54) is 12.1 Å². The minimum absolute atomic E-state index is 0.157. The summed E-state index contributed by atoms with van der Waals surface area (Å²) in [4.78, 5) is 0. The molecule has 0 spiro atoms. The minimum Gasteiger partial charge on any atom is -0.393 e. The second kappa shape index (κ2) is 8.30. The van der Waals surface area contributed by atoms with Crippen molar-refractivity contribution in [3.8, 4) is 0 Å². The molecule has 0 amide bonds. The van der Waals surface area contributed by atoms with Crippen molar-refractivity contribution in [2.24, 2.45) is 0 Å². The fraction of sp³-hybridized carbons (Fsp3) is 0.333. The second-order valence-corrected chi connectivity index (χ2v) is 8.11. The van der Waals surface area contributed by atoms with Crippen molar-refractivity contribution >= 4 is 22.2 Å². The molecule has 1 aliphatic carbocycles. The topological polar surface area (TPSA) is 58.0 Å². The third-order valence-corrected chi connectivity index (χ3v) is 5.73. The molecule has 1 aromatic heterocycles. The summed E-state index contributed by atoms with van der Waals surface area (Å²) in [6.45, 7) is 2.41. The summed E-state index contributed by atoms with van der Waals surface area (Å²) in [6.07, 6.45) is 5.44. The van der Waals surface area contributed by atoms with Crippen molar-refractivity contribution in [3.63, 3.8) is 0 Å². The number of anilines is 1. The van der Waals surface area contributed by atoms with Crippen molar-refractivity contribution in [2.75, 3.05) is 5.32 Å². The lowest BCUT2D eigenvalue weighted by atomic mass is 9.91. The first-order chi connectivity index (χ1) is 14.7. The van der Waals surface area contributed by atoms with Crippen LogP contribution in [0.5, 0.6) is 0 Å². The number of rotatable bonds is 5. The van der Waals surface area contributed by atoms with Crippen molar-refractivity contribution in [1.82, 2.24) is 10.2 Å². The number of aliphatic hydroxyl groups excluding tert-OH is 1. The lowest BCUT2D eigenvalue weighted by molar-refractivity contribution is 0.0136. The van der Waals surface area contributed by atoms with Crippen LogP contribution in [0, 0.1) is 5.82 Å². The summed E-state index contributed by atoms with van der Waals surface area (Å²) in [6, 6.07) is 9.32. The predicted octanol–water partition coefficient (Wildman–Crippen LogP) is 5.98. The van der Waals surface area contributed by atoms with Crippen LogP contribution in [0.1, 0.15) is 55.8 Å². The summed E-state index contributed by atoms with van der Waals surface area (Å²) < 4.78 is 42.3. The molecule has 162 valence electrons. The van der Waals surface area contributed by atoms with E-state index in [4.69, 9.17) is 0 Å². The third-order valence-electron chi connectivity index (χ3n) is 5.73. The van der Waals surface area contributed by atoms with Crippen LogP contribution in [0.3, 0.4) is 0 Å². The first-order valence-corrected chi connectivity index (χ1v) is 10.3. The molecule has 2 N–H and O–H groups in total. The minimum atomic E-state index is -3.26. The van der Waals surface area contributed by atoms with Crippen molar-refractivity contribution in [1.29, 1.82) is 0 Å². The highest BCUT2D eigenvalue weighted by Crippen LogP contribution is 2.35. The highest BCUT2D eigenvalue weighted by atomic mass is 19.3. The van der Waals surface area contributed by atoms with E-state index >= 15 is 0 Å². The molecule has 3 aromatic rings. The van der Waals surface area contributed by atoms with Gasteiger partial charge in [-0.2, -0.15) is 10.2 Å². The quantitative estimate of drug-likeness (QED) is 0.526. The van der Waals surface area contributed by atoms with E-state index in [-0.39, 0.29) is 11.7 Å². The maximum atomic E-state index is 14.8. The molecule has 1 unspecified atom stereocenters. The lowest BCUT2D eigenvalue weighted by Crippen LogP contribution is -2.15. The van der Waals surface area contributed by atoms with Gasteiger partial charge in [-0.25, -0.2) is 13.2 Å². The van der Waals surface area contributed by atoms with Gasteiger partial charge in [-0.15, -0.1) is 0 Å². The van der Waals surface area contributed by atoms with Crippen molar-refractivity contribution in [2.45, 2.75) is 51.2 Å². The molecule has 1 aliphatic rings. The second-order valence-electron chi connectivity index (χ2n) is 8.11. The van der Waals surface area contributed by atoms with Gasteiger partial charge in [-0.05, 0) is 49.5 Å². The number of aliphatic hydroxyl groups is 1. The van der Waals surface area contributed by atoms with E-state index < -0.39 is 23.3 Å². The zero-order valence-electron chi connectivity index (χ0n) is 17.4. The molecular weight excluding hydrogens is 403 g/mol. The molecule has 0 saturated heterocycles. The number of allylic oxidation sites excluding steroid dienone is 1. The molecule has 4 nitrogen and oxygen atoms in total. The Bertz CT molecular complexity index is 1140. The fourth-order valence-electron chi connectivity index (χ4n) is 3.99. The Labute approximate surface area is 178 Å². The monoisotopic (exact) mass is 427 g/mol. The average molecular weight is 427 g/mol. The van der Waals surface area contributed by atoms with Crippen molar-refractivity contribution in [3.05, 3.63) is 71.2 Å². The highest BCUT2D eigenvalue weighted by Gasteiger charge is 2.30. The van der Waals surface area contributed by atoms with Gasteiger partial charge in [0.1, 0.15) is 5.82 Å². The fourth-order valence-corrected chi connectivity index (χ4v) is 3.99. The molecule has 7 heteroatoms. The van der Waals surface area contributed by atoms with Crippen LogP contribution in [0.4, 0.5) is 18.9 Å². The maximum absolute atomic E-state index is 14.8. The Balaban J connectivity index is 1.68. The van der Waals surface area contributed by atoms with E-state index in [9.17, 15) is 18.3 Å². The van der Waals surface area contributed by atoms with Crippen LogP contribution in [-0.2, 0) is 5.92 Å². The molecular formula is C24H24F3N3O. The van der Waals surface area contributed by atoms with Gasteiger partial charge in [0.05, 0.1) is 35.1 Å². The van der Waals surface area contributed by atoms with Crippen LogP contribution in [0.2, 0.25) is 0 Å². The number of hydrogen-bond acceptors (Lipinski definition) is 4. The van der Waals surface area contributed by atoms with Gasteiger partial charge >= 0.3 is 0 Å². The van der Waals surface area contributed by atoms with Crippen LogP contribution >= 0.6 is 0 Å². The Hall–Kier alpha value is -2.93. The first-order valence-electron chi connectivity index (χ1n) is 10.3. The number of alkyl halides is 2. The van der Waals surface area contributed by atoms with E-state index in [2.05, 4.69) is 15.5 Å². The summed E-state index contributed by atoms with van der Waals surface area (Å²) in [5, 5.41) is 21.9. The SMILES string of the molecule is C[C@@H](Nc1cnnc2ccc(C3=CCC(O)CC3)cc12)c1cccc(C(C)(F)F)c1F.